The first-order valence-corrected chi connectivity index (χ1v) is 8.20. The van der Waals surface area contributed by atoms with Crippen molar-refractivity contribution in [1.29, 1.82) is 0 Å². The summed E-state index contributed by atoms with van der Waals surface area (Å²) in [7, 11) is 0. The van der Waals surface area contributed by atoms with E-state index < -0.39 is 0 Å². The maximum absolute atomic E-state index is 3.75. The smallest absolute Gasteiger partial charge is 0.0701 e. The fourth-order valence-electron chi connectivity index (χ4n) is 3.17. The number of nitrogens with zero attached hydrogens (tertiary/aromatic N) is 1. The molecule has 2 fully saturated rings. The zero-order valence-electron chi connectivity index (χ0n) is 9.99. The highest BCUT2D eigenvalue weighted by Crippen LogP contribution is 2.27. The van der Waals surface area contributed by atoms with E-state index in [0.717, 1.165) is 12.6 Å². The van der Waals surface area contributed by atoms with Crippen molar-refractivity contribution in [3.63, 3.8) is 0 Å². The van der Waals surface area contributed by atoms with Crippen LogP contribution in [0.25, 0.3) is 0 Å². The van der Waals surface area contributed by atoms with E-state index in [1.54, 1.807) is 11.3 Å². The van der Waals surface area contributed by atoms with Gasteiger partial charge >= 0.3 is 0 Å². The van der Waals surface area contributed by atoms with Crippen molar-refractivity contribution in [2.24, 2.45) is 0 Å². The molecule has 0 bridgehead atoms. The van der Waals surface area contributed by atoms with Crippen molar-refractivity contribution in [3.8, 4) is 0 Å². The second-order valence-corrected chi connectivity index (χ2v) is 7.42. The summed E-state index contributed by atoms with van der Waals surface area (Å²) >= 11 is 5.30. The zero-order valence-corrected chi connectivity index (χ0v) is 12.4. The minimum Gasteiger partial charge on any atom is -0.308 e. The summed E-state index contributed by atoms with van der Waals surface area (Å²) in [6, 6.07) is 3.76. The zero-order chi connectivity index (χ0) is 11.7. The number of piperidine rings is 1. The lowest BCUT2D eigenvalue weighted by Gasteiger charge is -2.32. The summed E-state index contributed by atoms with van der Waals surface area (Å²) in [6.07, 6.45) is 5.55. The molecule has 4 heteroatoms. The molecule has 0 aliphatic carbocycles. The van der Waals surface area contributed by atoms with Gasteiger partial charge in [0, 0.05) is 25.2 Å². The van der Waals surface area contributed by atoms with Crippen molar-refractivity contribution in [3.05, 3.63) is 20.8 Å². The Morgan fingerprint density at radius 1 is 1.35 bits per heavy atom. The highest BCUT2D eigenvalue weighted by molar-refractivity contribution is 9.11. The molecule has 1 aromatic rings. The Hall–Kier alpha value is 0.1000. The molecule has 2 unspecified atom stereocenters. The molecule has 2 saturated heterocycles. The third-order valence-corrected chi connectivity index (χ3v) is 5.60. The molecule has 3 rings (SSSR count). The monoisotopic (exact) mass is 314 g/mol. The molecule has 0 aromatic carbocycles. The van der Waals surface area contributed by atoms with Crippen molar-refractivity contribution < 1.29 is 0 Å². The SMILES string of the molecule is Brc1cc(CNC2CCN3CCCCC23)cs1. The van der Waals surface area contributed by atoms with Gasteiger partial charge in [-0.1, -0.05) is 6.42 Å². The fourth-order valence-corrected chi connectivity index (χ4v) is 4.38. The first kappa shape index (κ1) is 12.2. The van der Waals surface area contributed by atoms with Gasteiger partial charge in [-0.05, 0) is 58.7 Å². The first-order chi connectivity index (χ1) is 8.33. The summed E-state index contributed by atoms with van der Waals surface area (Å²) in [5.41, 5.74) is 1.41. The molecule has 0 spiro atoms. The highest BCUT2D eigenvalue weighted by Gasteiger charge is 2.34. The van der Waals surface area contributed by atoms with Crippen molar-refractivity contribution in [1.82, 2.24) is 10.2 Å². The van der Waals surface area contributed by atoms with Crippen molar-refractivity contribution in [2.75, 3.05) is 13.1 Å². The molecule has 2 aliphatic rings. The predicted octanol–water partition coefficient (Wildman–Crippen LogP) is 3.23. The van der Waals surface area contributed by atoms with Crippen LogP contribution in [0.4, 0.5) is 0 Å². The Morgan fingerprint density at radius 2 is 2.29 bits per heavy atom. The Morgan fingerprint density at radius 3 is 3.12 bits per heavy atom. The van der Waals surface area contributed by atoms with Gasteiger partial charge in [0.2, 0.25) is 0 Å². The molecule has 3 heterocycles. The molecule has 2 atom stereocenters. The third-order valence-electron chi connectivity index (χ3n) is 4.05. The Balaban J connectivity index is 1.55. The average Bonchev–Trinajstić information content (AvgIpc) is 2.93. The van der Waals surface area contributed by atoms with Gasteiger partial charge in [0.05, 0.1) is 3.79 Å². The Kier molecular flexibility index (Phi) is 3.85. The van der Waals surface area contributed by atoms with Gasteiger partial charge < -0.3 is 5.32 Å². The fraction of sp³-hybridized carbons (Fsp3) is 0.692. The Labute approximate surface area is 116 Å². The number of nitrogens with one attached hydrogen (secondary N) is 1. The molecule has 0 radical (unpaired) electrons. The van der Waals surface area contributed by atoms with Crippen LogP contribution in [0.2, 0.25) is 0 Å². The molecule has 94 valence electrons. The molecule has 17 heavy (non-hydrogen) atoms. The van der Waals surface area contributed by atoms with E-state index in [4.69, 9.17) is 0 Å². The van der Waals surface area contributed by atoms with Gasteiger partial charge in [0.25, 0.3) is 0 Å². The molecule has 0 saturated carbocycles. The number of rotatable bonds is 3. The molecule has 0 amide bonds. The van der Waals surface area contributed by atoms with Gasteiger partial charge in [0.15, 0.2) is 0 Å². The van der Waals surface area contributed by atoms with Crippen LogP contribution in [-0.2, 0) is 6.54 Å². The van der Waals surface area contributed by atoms with Crippen LogP contribution >= 0.6 is 27.3 Å². The number of halogens is 1. The lowest BCUT2D eigenvalue weighted by molar-refractivity contribution is 0.180. The van der Waals surface area contributed by atoms with Crippen molar-refractivity contribution in [2.45, 2.75) is 44.3 Å². The second kappa shape index (κ2) is 5.39. The summed E-state index contributed by atoms with van der Waals surface area (Å²) in [4.78, 5) is 2.69. The van der Waals surface area contributed by atoms with Gasteiger partial charge in [-0.25, -0.2) is 0 Å². The van der Waals surface area contributed by atoms with E-state index in [9.17, 15) is 0 Å². The maximum Gasteiger partial charge on any atom is 0.0701 e. The predicted molar refractivity (Wildman–Crippen MR) is 76.5 cm³/mol. The van der Waals surface area contributed by atoms with Crippen LogP contribution in [0.3, 0.4) is 0 Å². The van der Waals surface area contributed by atoms with Crippen molar-refractivity contribution >= 4 is 27.3 Å². The van der Waals surface area contributed by atoms with Gasteiger partial charge in [-0.2, -0.15) is 0 Å². The van der Waals surface area contributed by atoms with E-state index in [0.29, 0.717) is 6.04 Å². The topological polar surface area (TPSA) is 15.3 Å². The Bertz CT molecular complexity index is 379. The lowest BCUT2D eigenvalue weighted by Crippen LogP contribution is -2.44. The van der Waals surface area contributed by atoms with Gasteiger partial charge in [0.1, 0.15) is 0 Å². The number of thiophene rings is 1. The van der Waals surface area contributed by atoms with Crippen LogP contribution in [0.15, 0.2) is 15.2 Å². The molecular formula is C13H19BrN2S. The molecule has 2 nitrogen and oxygen atoms in total. The van der Waals surface area contributed by atoms with E-state index in [1.165, 1.54) is 48.1 Å². The lowest BCUT2D eigenvalue weighted by atomic mass is 9.99. The van der Waals surface area contributed by atoms with E-state index in [2.05, 4.69) is 37.6 Å². The standard InChI is InChI=1S/C13H19BrN2S/c14-13-7-10(9-17-13)8-15-11-4-6-16-5-2-1-3-12(11)16/h7,9,11-12,15H,1-6,8H2. The minimum atomic E-state index is 0.717. The first-order valence-electron chi connectivity index (χ1n) is 6.53. The second-order valence-electron chi connectivity index (χ2n) is 5.13. The van der Waals surface area contributed by atoms with Crippen LogP contribution in [0.5, 0.6) is 0 Å². The summed E-state index contributed by atoms with van der Waals surface area (Å²) in [5, 5.41) is 6.00. The van der Waals surface area contributed by atoms with Crippen LogP contribution in [-0.4, -0.2) is 30.1 Å². The van der Waals surface area contributed by atoms with Crippen LogP contribution < -0.4 is 5.32 Å². The van der Waals surface area contributed by atoms with E-state index in [-0.39, 0.29) is 0 Å². The van der Waals surface area contributed by atoms with Gasteiger partial charge in [-0.3, -0.25) is 4.90 Å². The number of hydrogen-bond donors (Lipinski definition) is 1. The summed E-state index contributed by atoms with van der Waals surface area (Å²) < 4.78 is 1.24. The molecule has 1 aromatic heterocycles. The largest absolute Gasteiger partial charge is 0.308 e. The van der Waals surface area contributed by atoms with Crippen LogP contribution in [0, 0.1) is 0 Å². The highest BCUT2D eigenvalue weighted by atomic mass is 79.9. The minimum absolute atomic E-state index is 0.717. The molecule has 2 aliphatic heterocycles. The normalized spacial score (nSPS) is 29.5. The summed E-state index contributed by atoms with van der Waals surface area (Å²) in [5.74, 6) is 0. The molecular weight excluding hydrogens is 296 g/mol. The maximum atomic E-state index is 3.75. The van der Waals surface area contributed by atoms with E-state index in [1.807, 2.05) is 0 Å². The number of fused-ring (bicyclic) bond motifs is 1. The molecule has 1 N–H and O–H groups in total. The van der Waals surface area contributed by atoms with E-state index >= 15 is 0 Å². The quantitative estimate of drug-likeness (QED) is 0.921. The summed E-state index contributed by atoms with van der Waals surface area (Å²) in [6.45, 7) is 3.65. The third kappa shape index (κ3) is 2.75. The van der Waals surface area contributed by atoms with Crippen LogP contribution in [0.1, 0.15) is 31.2 Å². The average molecular weight is 315 g/mol. The van der Waals surface area contributed by atoms with Gasteiger partial charge in [-0.15, -0.1) is 11.3 Å². The number of hydrogen-bond acceptors (Lipinski definition) is 3.